The molecular formula is C21H19ClN4O2. The smallest absolute Gasteiger partial charge is 0.274 e. The van der Waals surface area contributed by atoms with Crippen LogP contribution in [0.25, 0.3) is 0 Å². The van der Waals surface area contributed by atoms with Gasteiger partial charge in [0, 0.05) is 28.0 Å². The van der Waals surface area contributed by atoms with Gasteiger partial charge in [-0.05, 0) is 62.7 Å². The van der Waals surface area contributed by atoms with Crippen LogP contribution in [0.1, 0.15) is 39.2 Å². The number of carbonyl (C=O) groups is 2. The van der Waals surface area contributed by atoms with E-state index in [1.165, 1.54) is 6.92 Å². The maximum absolute atomic E-state index is 12.6. The number of Topliss-reactive ketones (excluding diaryl/α,β-unsaturated/α-hetero) is 1. The van der Waals surface area contributed by atoms with Crippen LogP contribution in [0, 0.1) is 13.8 Å². The molecule has 0 bridgehead atoms. The first-order valence-corrected chi connectivity index (χ1v) is 9.01. The highest BCUT2D eigenvalue weighted by molar-refractivity contribution is 6.31. The molecule has 28 heavy (non-hydrogen) atoms. The second kappa shape index (κ2) is 8.19. The van der Waals surface area contributed by atoms with Crippen LogP contribution in [0.5, 0.6) is 0 Å². The molecule has 0 aliphatic heterocycles. The first-order chi connectivity index (χ1) is 13.3. The average molecular weight is 395 g/mol. The van der Waals surface area contributed by atoms with Crippen molar-refractivity contribution >= 4 is 40.5 Å². The van der Waals surface area contributed by atoms with Crippen molar-refractivity contribution < 1.29 is 9.59 Å². The predicted octanol–water partition coefficient (Wildman–Crippen LogP) is 4.95. The van der Waals surface area contributed by atoms with Gasteiger partial charge in [-0.3, -0.25) is 9.59 Å². The topological polar surface area (TPSA) is 84.0 Å². The average Bonchev–Trinajstić information content (AvgIpc) is 2.64. The van der Waals surface area contributed by atoms with Gasteiger partial charge in [0.15, 0.2) is 5.78 Å². The molecule has 0 radical (unpaired) electrons. The molecule has 0 aliphatic carbocycles. The number of benzene rings is 2. The summed E-state index contributed by atoms with van der Waals surface area (Å²) >= 11 is 6.16. The third kappa shape index (κ3) is 4.72. The van der Waals surface area contributed by atoms with Gasteiger partial charge in [-0.25, -0.2) is 9.97 Å². The Morgan fingerprint density at radius 1 is 0.929 bits per heavy atom. The molecule has 3 rings (SSSR count). The van der Waals surface area contributed by atoms with E-state index < -0.39 is 0 Å². The third-order valence-corrected chi connectivity index (χ3v) is 4.47. The Hall–Kier alpha value is -3.25. The van der Waals surface area contributed by atoms with Crippen LogP contribution < -0.4 is 10.6 Å². The monoisotopic (exact) mass is 394 g/mol. The Balaban J connectivity index is 1.78. The van der Waals surface area contributed by atoms with Crippen LogP contribution >= 0.6 is 11.6 Å². The molecular weight excluding hydrogens is 376 g/mol. The van der Waals surface area contributed by atoms with Crippen molar-refractivity contribution in [3.63, 3.8) is 0 Å². The van der Waals surface area contributed by atoms with Gasteiger partial charge >= 0.3 is 0 Å². The minimum atomic E-state index is -0.369. The molecule has 2 aromatic carbocycles. The second-order valence-electron chi connectivity index (χ2n) is 6.36. The molecule has 1 aromatic heterocycles. The van der Waals surface area contributed by atoms with E-state index in [4.69, 9.17) is 11.6 Å². The summed E-state index contributed by atoms with van der Waals surface area (Å²) in [5, 5.41) is 6.55. The third-order valence-electron chi connectivity index (χ3n) is 4.06. The largest absolute Gasteiger partial charge is 0.340 e. The highest BCUT2D eigenvalue weighted by atomic mass is 35.5. The number of rotatable bonds is 5. The number of aromatic nitrogens is 2. The van der Waals surface area contributed by atoms with Crippen molar-refractivity contribution in [2.45, 2.75) is 20.8 Å². The highest BCUT2D eigenvalue weighted by Crippen LogP contribution is 2.23. The minimum Gasteiger partial charge on any atom is -0.340 e. The predicted molar refractivity (Wildman–Crippen MR) is 111 cm³/mol. The van der Waals surface area contributed by atoms with Gasteiger partial charge in [0.2, 0.25) is 0 Å². The molecule has 0 unspecified atom stereocenters. The molecule has 2 N–H and O–H groups in total. The van der Waals surface area contributed by atoms with Gasteiger partial charge in [-0.15, -0.1) is 0 Å². The lowest BCUT2D eigenvalue weighted by atomic mass is 10.1. The number of aryl methyl sites for hydroxylation is 2. The molecule has 1 heterocycles. The van der Waals surface area contributed by atoms with Gasteiger partial charge < -0.3 is 10.6 Å². The highest BCUT2D eigenvalue weighted by Gasteiger charge is 2.12. The number of anilines is 3. The zero-order valence-corrected chi connectivity index (χ0v) is 16.5. The number of amides is 1. The fraction of sp³-hybridized carbons (Fsp3) is 0.143. The Labute approximate surface area is 168 Å². The number of ketones is 1. The summed E-state index contributed by atoms with van der Waals surface area (Å²) in [5.41, 5.74) is 3.12. The van der Waals surface area contributed by atoms with E-state index in [2.05, 4.69) is 20.6 Å². The fourth-order valence-corrected chi connectivity index (χ4v) is 2.73. The molecule has 6 nitrogen and oxygen atoms in total. The number of hydrogen-bond donors (Lipinski definition) is 2. The number of carbonyl (C=O) groups excluding carboxylic acids is 2. The quantitative estimate of drug-likeness (QED) is 0.598. The number of hydrogen-bond acceptors (Lipinski definition) is 5. The lowest BCUT2D eigenvalue weighted by Crippen LogP contribution is -2.15. The standard InChI is InChI=1S/C21H19ClN4O2/c1-12-4-7-17(10-18(12)22)25-20-11-19(23-14(3)24-20)21(28)26-16-8-5-15(6-9-16)13(2)27/h4-11H,1-3H3,(H,26,28)(H,23,24,25). The van der Waals surface area contributed by atoms with E-state index in [1.807, 2.05) is 19.1 Å². The van der Waals surface area contributed by atoms with Gasteiger partial charge in [-0.1, -0.05) is 17.7 Å². The summed E-state index contributed by atoms with van der Waals surface area (Å²) in [6.07, 6.45) is 0. The van der Waals surface area contributed by atoms with Crippen LogP contribution in [0.3, 0.4) is 0 Å². The van der Waals surface area contributed by atoms with E-state index >= 15 is 0 Å². The van der Waals surface area contributed by atoms with Crippen LogP contribution in [0.2, 0.25) is 5.02 Å². The summed E-state index contributed by atoms with van der Waals surface area (Å²) in [6.45, 7) is 5.13. The Morgan fingerprint density at radius 3 is 2.25 bits per heavy atom. The van der Waals surface area contributed by atoms with E-state index in [1.54, 1.807) is 43.3 Å². The van der Waals surface area contributed by atoms with Crippen LogP contribution in [0.4, 0.5) is 17.2 Å². The van der Waals surface area contributed by atoms with Crippen LogP contribution in [-0.4, -0.2) is 21.7 Å². The summed E-state index contributed by atoms with van der Waals surface area (Å²) in [7, 11) is 0. The molecule has 0 saturated heterocycles. The van der Waals surface area contributed by atoms with Crippen LogP contribution in [-0.2, 0) is 0 Å². The van der Waals surface area contributed by atoms with Gasteiger partial charge in [0.05, 0.1) is 0 Å². The van der Waals surface area contributed by atoms with Gasteiger partial charge in [0.25, 0.3) is 5.91 Å². The van der Waals surface area contributed by atoms with Crippen molar-refractivity contribution in [3.8, 4) is 0 Å². The molecule has 0 spiro atoms. The van der Waals surface area contributed by atoms with E-state index in [9.17, 15) is 9.59 Å². The lowest BCUT2D eigenvalue weighted by molar-refractivity contribution is 0.101. The maximum atomic E-state index is 12.6. The number of nitrogens with one attached hydrogen (secondary N) is 2. The van der Waals surface area contributed by atoms with Crippen molar-refractivity contribution in [1.29, 1.82) is 0 Å². The van der Waals surface area contributed by atoms with Crippen molar-refractivity contribution in [3.05, 3.63) is 76.2 Å². The number of nitrogens with zero attached hydrogens (tertiary/aromatic N) is 2. The second-order valence-corrected chi connectivity index (χ2v) is 6.77. The summed E-state index contributed by atoms with van der Waals surface area (Å²) in [6, 6.07) is 13.8. The van der Waals surface area contributed by atoms with Gasteiger partial charge in [0.1, 0.15) is 17.3 Å². The molecule has 7 heteroatoms. The van der Waals surface area contributed by atoms with E-state index in [-0.39, 0.29) is 17.4 Å². The van der Waals surface area contributed by atoms with Crippen molar-refractivity contribution in [2.24, 2.45) is 0 Å². The molecule has 0 saturated carbocycles. The minimum absolute atomic E-state index is 0.0313. The normalized spacial score (nSPS) is 10.4. The van der Waals surface area contributed by atoms with Gasteiger partial charge in [-0.2, -0.15) is 0 Å². The molecule has 0 atom stereocenters. The molecule has 0 fully saturated rings. The van der Waals surface area contributed by atoms with Crippen molar-refractivity contribution in [2.75, 3.05) is 10.6 Å². The molecule has 142 valence electrons. The Kier molecular flexibility index (Phi) is 5.70. The van der Waals surface area contributed by atoms with E-state index in [0.717, 1.165) is 11.3 Å². The maximum Gasteiger partial charge on any atom is 0.274 e. The Morgan fingerprint density at radius 2 is 1.61 bits per heavy atom. The molecule has 3 aromatic rings. The van der Waals surface area contributed by atoms with E-state index in [0.29, 0.717) is 27.9 Å². The summed E-state index contributed by atoms with van der Waals surface area (Å²) < 4.78 is 0. The van der Waals surface area contributed by atoms with Crippen LogP contribution in [0.15, 0.2) is 48.5 Å². The summed E-state index contributed by atoms with van der Waals surface area (Å²) in [4.78, 5) is 32.4. The first kappa shape index (κ1) is 19.5. The zero-order valence-electron chi connectivity index (χ0n) is 15.7. The number of halogens is 1. The molecule has 1 amide bonds. The zero-order chi connectivity index (χ0) is 20.3. The summed E-state index contributed by atoms with van der Waals surface area (Å²) in [5.74, 6) is 0.548. The first-order valence-electron chi connectivity index (χ1n) is 8.63. The Bertz CT molecular complexity index is 1050. The molecule has 0 aliphatic rings. The lowest BCUT2D eigenvalue weighted by Gasteiger charge is -2.10. The fourth-order valence-electron chi connectivity index (χ4n) is 2.55. The van der Waals surface area contributed by atoms with Crippen molar-refractivity contribution in [1.82, 2.24) is 9.97 Å². The SMILES string of the molecule is CC(=O)c1ccc(NC(=O)c2cc(Nc3ccc(C)c(Cl)c3)nc(C)n2)cc1.